The number of aromatic nitrogens is 3. The summed E-state index contributed by atoms with van der Waals surface area (Å²) < 4.78 is 5.73. The molecule has 2 aromatic heterocycles. The highest BCUT2D eigenvalue weighted by Gasteiger charge is 2.09. The number of nitrogens with one attached hydrogen (secondary N) is 2. The lowest BCUT2D eigenvalue weighted by atomic mass is 10.2. The molecule has 2 N–H and O–H groups in total. The number of benzene rings is 1. The molecule has 0 radical (unpaired) electrons. The molecule has 1 unspecified atom stereocenters. The zero-order chi connectivity index (χ0) is 12.4. The minimum atomic E-state index is 0.112. The maximum Gasteiger partial charge on any atom is 0.141 e. The van der Waals surface area contributed by atoms with Crippen LogP contribution in [-0.2, 0) is 6.54 Å². The summed E-state index contributed by atoms with van der Waals surface area (Å²) in [5.74, 6) is 1.74. The SMILES string of the molecule is CC(NCc1cc2ccccc2o1)c1ncn[nH]1. The predicted octanol–water partition coefficient (Wildman–Crippen LogP) is 2.40. The summed E-state index contributed by atoms with van der Waals surface area (Å²) in [5, 5.41) is 11.1. The molecule has 0 aliphatic carbocycles. The highest BCUT2D eigenvalue weighted by Crippen LogP contribution is 2.19. The molecule has 92 valence electrons. The van der Waals surface area contributed by atoms with Gasteiger partial charge in [-0.1, -0.05) is 18.2 Å². The molecule has 0 spiro atoms. The van der Waals surface area contributed by atoms with E-state index >= 15 is 0 Å². The lowest BCUT2D eigenvalue weighted by Crippen LogP contribution is -2.18. The molecule has 2 heterocycles. The number of furan rings is 1. The van der Waals surface area contributed by atoms with Crippen molar-refractivity contribution < 1.29 is 4.42 Å². The number of nitrogens with zero attached hydrogens (tertiary/aromatic N) is 2. The van der Waals surface area contributed by atoms with Gasteiger partial charge >= 0.3 is 0 Å². The largest absolute Gasteiger partial charge is 0.460 e. The predicted molar refractivity (Wildman–Crippen MR) is 67.9 cm³/mol. The van der Waals surface area contributed by atoms with Gasteiger partial charge in [-0.05, 0) is 19.1 Å². The standard InChI is InChI=1S/C13H14N4O/c1-9(13-15-8-16-17-13)14-7-11-6-10-4-2-3-5-12(10)18-11/h2-6,8-9,14H,7H2,1H3,(H,15,16,17). The zero-order valence-electron chi connectivity index (χ0n) is 10.1. The van der Waals surface area contributed by atoms with Crippen LogP contribution in [-0.4, -0.2) is 15.2 Å². The van der Waals surface area contributed by atoms with Crippen molar-refractivity contribution in [3.05, 3.63) is 48.2 Å². The van der Waals surface area contributed by atoms with Crippen molar-refractivity contribution in [1.82, 2.24) is 20.5 Å². The summed E-state index contributed by atoms with van der Waals surface area (Å²) in [7, 11) is 0. The number of H-pyrrole nitrogens is 1. The monoisotopic (exact) mass is 242 g/mol. The maximum atomic E-state index is 5.73. The van der Waals surface area contributed by atoms with E-state index in [1.807, 2.05) is 31.2 Å². The quantitative estimate of drug-likeness (QED) is 0.737. The Morgan fingerprint density at radius 1 is 1.39 bits per heavy atom. The fraction of sp³-hybridized carbons (Fsp3) is 0.231. The molecular weight excluding hydrogens is 228 g/mol. The Morgan fingerprint density at radius 3 is 3.06 bits per heavy atom. The van der Waals surface area contributed by atoms with E-state index in [0.717, 1.165) is 22.6 Å². The van der Waals surface area contributed by atoms with Gasteiger partial charge in [0.2, 0.25) is 0 Å². The Balaban J connectivity index is 1.69. The third-order valence-corrected chi connectivity index (χ3v) is 2.90. The number of hydrogen-bond acceptors (Lipinski definition) is 4. The fourth-order valence-corrected chi connectivity index (χ4v) is 1.90. The van der Waals surface area contributed by atoms with E-state index in [9.17, 15) is 0 Å². The molecular formula is C13H14N4O. The van der Waals surface area contributed by atoms with Crippen LogP contribution in [0.4, 0.5) is 0 Å². The van der Waals surface area contributed by atoms with Crippen LogP contribution >= 0.6 is 0 Å². The smallest absolute Gasteiger partial charge is 0.141 e. The van der Waals surface area contributed by atoms with Gasteiger partial charge < -0.3 is 9.73 Å². The first kappa shape index (κ1) is 11.0. The number of fused-ring (bicyclic) bond motifs is 1. The maximum absolute atomic E-state index is 5.73. The summed E-state index contributed by atoms with van der Waals surface area (Å²) >= 11 is 0. The van der Waals surface area contributed by atoms with Gasteiger partial charge in [0.05, 0.1) is 12.6 Å². The minimum absolute atomic E-state index is 0.112. The van der Waals surface area contributed by atoms with Gasteiger partial charge in [0, 0.05) is 5.39 Å². The Morgan fingerprint density at radius 2 is 2.28 bits per heavy atom. The van der Waals surface area contributed by atoms with E-state index in [-0.39, 0.29) is 6.04 Å². The van der Waals surface area contributed by atoms with Gasteiger partial charge in [0.1, 0.15) is 23.5 Å². The molecule has 0 saturated heterocycles. The average Bonchev–Trinajstić information content (AvgIpc) is 3.04. The van der Waals surface area contributed by atoms with Crippen molar-refractivity contribution in [3.63, 3.8) is 0 Å². The molecule has 0 saturated carbocycles. The van der Waals surface area contributed by atoms with Crippen LogP contribution in [0.2, 0.25) is 0 Å². The third-order valence-electron chi connectivity index (χ3n) is 2.90. The van der Waals surface area contributed by atoms with Gasteiger partial charge in [-0.3, -0.25) is 5.10 Å². The second-order valence-electron chi connectivity index (χ2n) is 4.22. The normalized spacial score (nSPS) is 12.9. The van der Waals surface area contributed by atoms with Crippen LogP contribution in [0.15, 0.2) is 41.1 Å². The van der Waals surface area contributed by atoms with Gasteiger partial charge in [-0.25, -0.2) is 4.98 Å². The van der Waals surface area contributed by atoms with Crippen molar-refractivity contribution in [2.75, 3.05) is 0 Å². The van der Waals surface area contributed by atoms with E-state index < -0.39 is 0 Å². The molecule has 0 bridgehead atoms. The first-order chi connectivity index (χ1) is 8.83. The van der Waals surface area contributed by atoms with Crippen molar-refractivity contribution in [2.24, 2.45) is 0 Å². The van der Waals surface area contributed by atoms with Crippen molar-refractivity contribution >= 4 is 11.0 Å². The Kier molecular flexibility index (Phi) is 2.82. The second-order valence-corrected chi connectivity index (χ2v) is 4.22. The van der Waals surface area contributed by atoms with Crippen molar-refractivity contribution in [3.8, 4) is 0 Å². The number of para-hydroxylation sites is 1. The van der Waals surface area contributed by atoms with Crippen LogP contribution in [0.25, 0.3) is 11.0 Å². The molecule has 0 aliphatic heterocycles. The van der Waals surface area contributed by atoms with Crippen LogP contribution in [0, 0.1) is 0 Å². The topological polar surface area (TPSA) is 66.7 Å². The zero-order valence-corrected chi connectivity index (χ0v) is 10.1. The molecule has 5 nitrogen and oxygen atoms in total. The Bertz CT molecular complexity index is 596. The van der Waals surface area contributed by atoms with Crippen LogP contribution < -0.4 is 5.32 Å². The molecule has 0 aliphatic rings. The number of aromatic amines is 1. The van der Waals surface area contributed by atoms with Gasteiger partial charge in [-0.15, -0.1) is 0 Å². The van der Waals surface area contributed by atoms with Crippen LogP contribution in [0.5, 0.6) is 0 Å². The summed E-state index contributed by atoms with van der Waals surface area (Å²) in [6.45, 7) is 2.69. The van der Waals surface area contributed by atoms with Crippen LogP contribution in [0.1, 0.15) is 24.6 Å². The molecule has 3 rings (SSSR count). The molecule has 5 heteroatoms. The highest BCUT2D eigenvalue weighted by atomic mass is 16.3. The number of rotatable bonds is 4. The Labute approximate surface area is 104 Å². The molecule has 3 aromatic rings. The van der Waals surface area contributed by atoms with Crippen molar-refractivity contribution in [2.45, 2.75) is 19.5 Å². The van der Waals surface area contributed by atoms with Gasteiger partial charge in [-0.2, -0.15) is 5.10 Å². The van der Waals surface area contributed by atoms with E-state index in [1.165, 1.54) is 6.33 Å². The molecule has 0 fully saturated rings. The van der Waals surface area contributed by atoms with Gasteiger partial charge in [0.15, 0.2) is 0 Å². The lowest BCUT2D eigenvalue weighted by Gasteiger charge is -2.08. The summed E-state index contributed by atoms with van der Waals surface area (Å²) in [6, 6.07) is 10.2. The summed E-state index contributed by atoms with van der Waals surface area (Å²) in [5.41, 5.74) is 0.918. The third kappa shape index (κ3) is 2.12. The highest BCUT2D eigenvalue weighted by molar-refractivity contribution is 5.77. The average molecular weight is 242 g/mol. The van der Waals surface area contributed by atoms with Crippen LogP contribution in [0.3, 0.4) is 0 Å². The molecule has 1 atom stereocenters. The van der Waals surface area contributed by atoms with Gasteiger partial charge in [0.25, 0.3) is 0 Å². The number of hydrogen-bond donors (Lipinski definition) is 2. The molecule has 0 amide bonds. The van der Waals surface area contributed by atoms with E-state index in [4.69, 9.17) is 4.42 Å². The molecule has 1 aromatic carbocycles. The fourth-order valence-electron chi connectivity index (χ4n) is 1.90. The first-order valence-corrected chi connectivity index (χ1v) is 5.89. The second kappa shape index (κ2) is 4.62. The Hall–Kier alpha value is -2.14. The first-order valence-electron chi connectivity index (χ1n) is 5.89. The van der Waals surface area contributed by atoms with E-state index in [0.29, 0.717) is 6.54 Å². The summed E-state index contributed by atoms with van der Waals surface area (Å²) in [4.78, 5) is 4.11. The lowest BCUT2D eigenvalue weighted by molar-refractivity contribution is 0.473. The van der Waals surface area contributed by atoms with E-state index in [1.54, 1.807) is 0 Å². The minimum Gasteiger partial charge on any atom is -0.460 e. The summed E-state index contributed by atoms with van der Waals surface area (Å²) in [6.07, 6.45) is 1.51. The van der Waals surface area contributed by atoms with Crippen molar-refractivity contribution in [1.29, 1.82) is 0 Å². The molecule has 18 heavy (non-hydrogen) atoms. The van der Waals surface area contributed by atoms with E-state index in [2.05, 4.69) is 26.6 Å².